The number of aliphatic hydroxyl groups excluding tert-OH is 1. The zero-order chi connectivity index (χ0) is 20.1. The van der Waals surface area contributed by atoms with Crippen LogP contribution in [0.15, 0.2) is 29.6 Å². The SMILES string of the molecule is NCC(N)=NC(=O)OCc1ccnc(-c2cnc(N3CCC(O)C3)nc2)c1F. The summed E-state index contributed by atoms with van der Waals surface area (Å²) in [5.74, 6) is -0.274. The predicted molar refractivity (Wildman–Crippen MR) is 98.9 cm³/mol. The first-order chi connectivity index (χ1) is 13.5. The molecule has 2 aromatic rings. The molecule has 0 radical (unpaired) electrons. The summed E-state index contributed by atoms with van der Waals surface area (Å²) in [6, 6.07) is 1.39. The number of pyridine rings is 1. The number of aliphatic imine (C=N–C) groups is 1. The Bertz CT molecular complexity index is 876. The minimum absolute atomic E-state index is 0.0338. The van der Waals surface area contributed by atoms with Crippen molar-refractivity contribution in [3.63, 3.8) is 0 Å². The van der Waals surface area contributed by atoms with Gasteiger partial charge in [0.25, 0.3) is 0 Å². The summed E-state index contributed by atoms with van der Waals surface area (Å²) >= 11 is 0. The second kappa shape index (κ2) is 8.67. The molecule has 3 rings (SSSR count). The summed E-state index contributed by atoms with van der Waals surface area (Å²) < 4.78 is 19.6. The number of hydrogen-bond acceptors (Lipinski definition) is 8. The number of amidine groups is 1. The summed E-state index contributed by atoms with van der Waals surface area (Å²) in [5.41, 5.74) is 11.1. The number of rotatable bonds is 5. The molecule has 1 saturated heterocycles. The second-order valence-corrected chi connectivity index (χ2v) is 6.15. The van der Waals surface area contributed by atoms with Crippen LogP contribution in [0.4, 0.5) is 15.1 Å². The van der Waals surface area contributed by atoms with E-state index < -0.39 is 18.0 Å². The van der Waals surface area contributed by atoms with Crippen LogP contribution in [0.25, 0.3) is 11.3 Å². The Hall–Kier alpha value is -3.18. The van der Waals surface area contributed by atoms with E-state index in [0.29, 0.717) is 31.0 Å². The Labute approximate surface area is 160 Å². The summed E-state index contributed by atoms with van der Waals surface area (Å²) in [4.78, 5) is 29.2. The smallest absolute Gasteiger partial charge is 0.435 e. The van der Waals surface area contributed by atoms with Crippen LogP contribution in [-0.2, 0) is 11.3 Å². The number of anilines is 1. The lowest BCUT2D eigenvalue weighted by atomic mass is 10.1. The van der Waals surface area contributed by atoms with Crippen molar-refractivity contribution < 1.29 is 19.0 Å². The number of carbonyl (C=O) groups excluding carboxylic acids is 1. The van der Waals surface area contributed by atoms with Crippen molar-refractivity contribution in [2.45, 2.75) is 19.1 Å². The number of nitrogens with zero attached hydrogens (tertiary/aromatic N) is 5. The van der Waals surface area contributed by atoms with E-state index in [1.165, 1.54) is 24.7 Å². The Morgan fingerprint density at radius 1 is 1.39 bits per heavy atom. The fraction of sp³-hybridized carbons (Fsp3) is 0.353. The number of hydrogen-bond donors (Lipinski definition) is 3. The molecule has 1 atom stereocenters. The topological polar surface area (TPSA) is 153 Å². The fourth-order valence-electron chi connectivity index (χ4n) is 2.66. The maximum absolute atomic E-state index is 14.8. The van der Waals surface area contributed by atoms with Crippen LogP contribution in [0.5, 0.6) is 0 Å². The molecule has 0 saturated carbocycles. The van der Waals surface area contributed by atoms with Gasteiger partial charge in [-0.2, -0.15) is 4.99 Å². The molecule has 1 aliphatic rings. The quantitative estimate of drug-likeness (QED) is 0.481. The van der Waals surface area contributed by atoms with Gasteiger partial charge >= 0.3 is 6.09 Å². The van der Waals surface area contributed by atoms with E-state index in [1.54, 1.807) is 0 Å². The third-order valence-corrected chi connectivity index (χ3v) is 4.12. The van der Waals surface area contributed by atoms with Crippen molar-refractivity contribution in [3.05, 3.63) is 36.0 Å². The molecule has 1 aliphatic heterocycles. The monoisotopic (exact) mass is 389 g/mol. The van der Waals surface area contributed by atoms with Crippen LogP contribution >= 0.6 is 0 Å². The molecular weight excluding hydrogens is 369 g/mol. The lowest BCUT2D eigenvalue weighted by Crippen LogP contribution is -2.24. The van der Waals surface area contributed by atoms with Gasteiger partial charge in [-0.1, -0.05) is 0 Å². The average molecular weight is 389 g/mol. The van der Waals surface area contributed by atoms with Gasteiger partial charge in [-0.3, -0.25) is 4.98 Å². The molecule has 3 heterocycles. The zero-order valence-electron chi connectivity index (χ0n) is 15.0. The summed E-state index contributed by atoms with van der Waals surface area (Å²) in [6.45, 7) is 0.691. The maximum Gasteiger partial charge on any atom is 0.435 e. The van der Waals surface area contributed by atoms with Crippen molar-refractivity contribution in [2.75, 3.05) is 24.5 Å². The van der Waals surface area contributed by atoms with Crippen molar-refractivity contribution in [2.24, 2.45) is 16.5 Å². The molecule has 2 aromatic heterocycles. The molecule has 11 heteroatoms. The Balaban J connectivity index is 1.73. The molecule has 148 valence electrons. The van der Waals surface area contributed by atoms with Crippen molar-refractivity contribution in [1.29, 1.82) is 0 Å². The number of carbonyl (C=O) groups is 1. The van der Waals surface area contributed by atoms with Crippen LogP contribution in [0.1, 0.15) is 12.0 Å². The minimum atomic E-state index is -0.957. The highest BCUT2D eigenvalue weighted by molar-refractivity contribution is 5.91. The van der Waals surface area contributed by atoms with Gasteiger partial charge in [0, 0.05) is 42.8 Å². The summed E-state index contributed by atoms with van der Waals surface area (Å²) in [6.07, 6.45) is 3.61. The van der Waals surface area contributed by atoms with Crippen molar-refractivity contribution >= 4 is 17.9 Å². The van der Waals surface area contributed by atoms with E-state index >= 15 is 0 Å². The number of amides is 1. The highest BCUT2D eigenvalue weighted by atomic mass is 19.1. The lowest BCUT2D eigenvalue weighted by molar-refractivity contribution is 0.149. The minimum Gasteiger partial charge on any atom is -0.443 e. The third-order valence-electron chi connectivity index (χ3n) is 4.12. The number of ether oxygens (including phenoxy) is 1. The number of β-amino-alcohol motifs (C(OH)–C–C–N with tert-alkyl or cyclic N) is 1. The number of nitrogens with two attached hydrogens (primary N) is 2. The Morgan fingerprint density at radius 3 is 2.79 bits per heavy atom. The first-order valence-electron chi connectivity index (χ1n) is 8.56. The highest BCUT2D eigenvalue weighted by Crippen LogP contribution is 2.24. The first-order valence-corrected chi connectivity index (χ1v) is 8.56. The van der Waals surface area contributed by atoms with Gasteiger partial charge in [-0.15, -0.1) is 0 Å². The van der Waals surface area contributed by atoms with Crippen molar-refractivity contribution in [3.8, 4) is 11.3 Å². The summed E-state index contributed by atoms with van der Waals surface area (Å²) in [5, 5.41) is 9.60. The normalized spacial score (nSPS) is 17.0. The van der Waals surface area contributed by atoms with E-state index in [-0.39, 0.29) is 30.2 Å². The Morgan fingerprint density at radius 2 is 2.14 bits per heavy atom. The maximum atomic E-state index is 14.8. The molecule has 28 heavy (non-hydrogen) atoms. The van der Waals surface area contributed by atoms with Gasteiger partial charge in [0.05, 0.1) is 12.6 Å². The fourth-order valence-corrected chi connectivity index (χ4v) is 2.66. The zero-order valence-corrected chi connectivity index (χ0v) is 15.0. The van der Waals surface area contributed by atoms with Gasteiger partial charge in [-0.25, -0.2) is 19.2 Å². The Kier molecular flexibility index (Phi) is 6.06. The molecule has 1 fully saturated rings. The number of halogens is 1. The van der Waals surface area contributed by atoms with Crippen LogP contribution in [0.3, 0.4) is 0 Å². The number of aliphatic hydroxyl groups is 1. The molecule has 1 amide bonds. The lowest BCUT2D eigenvalue weighted by Gasteiger charge is -2.15. The van der Waals surface area contributed by atoms with Gasteiger partial charge in [-0.05, 0) is 12.5 Å². The molecular formula is C17H20FN7O3. The summed E-state index contributed by atoms with van der Waals surface area (Å²) in [7, 11) is 0. The third kappa shape index (κ3) is 4.56. The molecule has 1 unspecified atom stereocenters. The molecule has 5 N–H and O–H groups in total. The largest absolute Gasteiger partial charge is 0.443 e. The van der Waals surface area contributed by atoms with E-state index in [9.17, 15) is 14.3 Å². The highest BCUT2D eigenvalue weighted by Gasteiger charge is 2.22. The van der Waals surface area contributed by atoms with Crippen LogP contribution < -0.4 is 16.4 Å². The molecule has 0 bridgehead atoms. The van der Waals surface area contributed by atoms with E-state index in [0.717, 1.165) is 0 Å². The van der Waals surface area contributed by atoms with Gasteiger partial charge in [0.15, 0.2) is 5.82 Å². The predicted octanol–water partition coefficient (Wildman–Crippen LogP) is 0.201. The van der Waals surface area contributed by atoms with Crippen LogP contribution in [0, 0.1) is 5.82 Å². The van der Waals surface area contributed by atoms with Crippen LogP contribution in [0.2, 0.25) is 0 Å². The average Bonchev–Trinajstić information content (AvgIpc) is 3.13. The number of aromatic nitrogens is 3. The van der Waals surface area contributed by atoms with Gasteiger partial charge in [0.1, 0.15) is 18.1 Å². The molecule has 0 aliphatic carbocycles. The van der Waals surface area contributed by atoms with E-state index in [2.05, 4.69) is 19.9 Å². The van der Waals surface area contributed by atoms with Crippen molar-refractivity contribution in [1.82, 2.24) is 15.0 Å². The van der Waals surface area contributed by atoms with Gasteiger partial charge in [0.2, 0.25) is 5.95 Å². The van der Waals surface area contributed by atoms with Gasteiger partial charge < -0.3 is 26.2 Å². The molecule has 0 spiro atoms. The second-order valence-electron chi connectivity index (χ2n) is 6.15. The first kappa shape index (κ1) is 19.6. The van der Waals surface area contributed by atoms with Crippen LogP contribution in [-0.4, -0.2) is 57.7 Å². The standard InChI is InChI=1S/C17H20FN7O3/c18-14-10(9-28-17(27)24-13(20)5-19)1-3-21-15(14)11-6-22-16(23-7-11)25-4-2-12(26)8-25/h1,3,6-7,12,26H,2,4-5,8-9,19H2,(H2,20,24,27). The molecule has 0 aromatic carbocycles. The van der Waals surface area contributed by atoms with E-state index in [4.69, 9.17) is 16.2 Å². The molecule has 10 nitrogen and oxygen atoms in total. The van der Waals surface area contributed by atoms with E-state index in [1.807, 2.05) is 4.90 Å².